The number of piperazine rings is 1. The maximum Gasteiger partial charge on any atom is 0.419 e. The lowest BCUT2D eigenvalue weighted by molar-refractivity contribution is -0.131. The number of carbonyl (C=O) groups is 1. The van der Waals surface area contributed by atoms with E-state index in [1.54, 1.807) is 35.2 Å². The molecule has 8 heteroatoms. The summed E-state index contributed by atoms with van der Waals surface area (Å²) in [6.07, 6.45) is 0.854. The number of anilines is 1. The molecule has 2 aromatic carbocycles. The smallest absolute Gasteiger partial charge is 0.408 e. The van der Waals surface area contributed by atoms with Crippen LogP contribution < -0.4 is 10.7 Å². The van der Waals surface area contributed by atoms with Crippen molar-refractivity contribution in [3.05, 3.63) is 63.9 Å². The Kier molecular flexibility index (Phi) is 5.58. The fraction of sp³-hybridized carbons (Fsp3) is 0.333. The molecular weight excluding hydrogens is 397 g/mol. The molecule has 1 amide bonds. The second-order valence-corrected chi connectivity index (χ2v) is 7.49. The largest absolute Gasteiger partial charge is 0.419 e. The molecule has 3 aromatic rings. The molecule has 29 heavy (non-hydrogen) atoms. The third-order valence-corrected chi connectivity index (χ3v) is 5.46. The lowest BCUT2D eigenvalue weighted by Crippen LogP contribution is -2.49. The minimum absolute atomic E-state index is 0.0389. The molecule has 1 aromatic heterocycles. The van der Waals surface area contributed by atoms with Crippen LogP contribution in [0.3, 0.4) is 0 Å². The number of nitrogens with zero attached hydrogens (tertiary/aromatic N) is 3. The molecule has 0 aliphatic carbocycles. The van der Waals surface area contributed by atoms with Gasteiger partial charge in [0.25, 0.3) is 0 Å². The summed E-state index contributed by atoms with van der Waals surface area (Å²) in [6, 6.07) is 11.7. The highest BCUT2D eigenvalue weighted by Crippen LogP contribution is 2.21. The number of hydrogen-bond acceptors (Lipinski definition) is 4. The van der Waals surface area contributed by atoms with Crippen molar-refractivity contribution in [1.29, 1.82) is 0 Å². The van der Waals surface area contributed by atoms with Crippen LogP contribution in [0.5, 0.6) is 0 Å². The zero-order valence-electron chi connectivity index (χ0n) is 15.8. The minimum Gasteiger partial charge on any atom is -0.408 e. The molecule has 6 nitrogen and oxygen atoms in total. The lowest BCUT2D eigenvalue weighted by Gasteiger charge is -2.36. The van der Waals surface area contributed by atoms with Crippen LogP contribution in [0.2, 0.25) is 5.02 Å². The van der Waals surface area contributed by atoms with Gasteiger partial charge in [0.15, 0.2) is 5.58 Å². The van der Waals surface area contributed by atoms with Gasteiger partial charge in [-0.1, -0.05) is 23.7 Å². The van der Waals surface area contributed by atoms with Gasteiger partial charge in [0.2, 0.25) is 5.91 Å². The Morgan fingerprint density at radius 1 is 1.10 bits per heavy atom. The van der Waals surface area contributed by atoms with Gasteiger partial charge in [-0.05, 0) is 36.8 Å². The summed E-state index contributed by atoms with van der Waals surface area (Å²) in [5, 5.41) is 0.524. The average Bonchev–Trinajstić information content (AvgIpc) is 3.03. The van der Waals surface area contributed by atoms with Crippen molar-refractivity contribution in [2.75, 3.05) is 31.1 Å². The first kappa shape index (κ1) is 19.5. The zero-order chi connectivity index (χ0) is 20.4. The van der Waals surface area contributed by atoms with Crippen LogP contribution >= 0.6 is 11.6 Å². The molecule has 0 saturated carbocycles. The number of aromatic nitrogens is 1. The highest BCUT2D eigenvalue weighted by atomic mass is 35.5. The zero-order valence-corrected chi connectivity index (χ0v) is 16.6. The van der Waals surface area contributed by atoms with Crippen LogP contribution in [-0.2, 0) is 11.3 Å². The molecule has 1 saturated heterocycles. The molecule has 0 bridgehead atoms. The first-order valence-electron chi connectivity index (χ1n) is 9.59. The Balaban J connectivity index is 1.31. The molecule has 152 valence electrons. The predicted octanol–water partition coefficient (Wildman–Crippen LogP) is 3.52. The SMILES string of the molecule is O=C(CCCn1c(=O)oc2ccc(Cl)cc21)N1CCN(c2ccccc2F)CC1. The molecule has 1 aliphatic rings. The number of carbonyl (C=O) groups excluding carboxylic acids is 1. The summed E-state index contributed by atoms with van der Waals surface area (Å²) in [6.45, 7) is 2.68. The monoisotopic (exact) mass is 417 g/mol. The first-order valence-corrected chi connectivity index (χ1v) is 9.97. The van der Waals surface area contributed by atoms with E-state index in [1.165, 1.54) is 10.6 Å². The van der Waals surface area contributed by atoms with E-state index >= 15 is 0 Å². The Bertz CT molecular complexity index is 1090. The number of para-hydroxylation sites is 1. The van der Waals surface area contributed by atoms with Crippen molar-refractivity contribution >= 4 is 34.3 Å². The van der Waals surface area contributed by atoms with Crippen molar-refractivity contribution in [2.24, 2.45) is 0 Å². The fourth-order valence-corrected chi connectivity index (χ4v) is 3.86. The van der Waals surface area contributed by atoms with E-state index in [0.717, 1.165) is 0 Å². The maximum absolute atomic E-state index is 13.9. The molecule has 0 spiro atoms. The summed E-state index contributed by atoms with van der Waals surface area (Å²) in [7, 11) is 0. The Labute approximate surface area is 172 Å². The van der Waals surface area contributed by atoms with Crippen molar-refractivity contribution in [2.45, 2.75) is 19.4 Å². The topological polar surface area (TPSA) is 58.7 Å². The van der Waals surface area contributed by atoms with E-state index in [-0.39, 0.29) is 11.7 Å². The van der Waals surface area contributed by atoms with Gasteiger partial charge < -0.3 is 14.2 Å². The van der Waals surface area contributed by atoms with Crippen molar-refractivity contribution in [3.63, 3.8) is 0 Å². The predicted molar refractivity (Wildman–Crippen MR) is 110 cm³/mol. The van der Waals surface area contributed by atoms with E-state index < -0.39 is 5.76 Å². The third kappa shape index (κ3) is 4.15. The Hall–Kier alpha value is -2.80. The summed E-state index contributed by atoms with van der Waals surface area (Å²) in [4.78, 5) is 28.3. The number of amides is 1. The van der Waals surface area contributed by atoms with Crippen molar-refractivity contribution in [1.82, 2.24) is 9.47 Å². The normalized spacial score (nSPS) is 14.6. The second kappa shape index (κ2) is 8.29. The molecule has 2 heterocycles. The third-order valence-electron chi connectivity index (χ3n) is 5.23. The van der Waals surface area contributed by atoms with Gasteiger partial charge in [0.1, 0.15) is 5.82 Å². The van der Waals surface area contributed by atoms with Gasteiger partial charge in [-0.15, -0.1) is 0 Å². The summed E-state index contributed by atoms with van der Waals surface area (Å²) in [5.41, 5.74) is 1.69. The molecule has 1 fully saturated rings. The van der Waals surface area contributed by atoms with E-state index in [4.69, 9.17) is 16.0 Å². The summed E-state index contributed by atoms with van der Waals surface area (Å²) < 4.78 is 20.6. The number of hydrogen-bond donors (Lipinski definition) is 0. The molecule has 4 rings (SSSR count). The molecule has 0 unspecified atom stereocenters. The number of benzene rings is 2. The summed E-state index contributed by atoms with van der Waals surface area (Å²) >= 11 is 6.01. The highest BCUT2D eigenvalue weighted by molar-refractivity contribution is 6.31. The van der Waals surface area contributed by atoms with Gasteiger partial charge in [-0.25, -0.2) is 9.18 Å². The standard InChI is InChI=1S/C21H21ClFN3O3/c22-15-7-8-19-18(14-15)26(21(28)29-19)9-3-6-20(27)25-12-10-24(11-13-25)17-5-2-1-4-16(17)23/h1-2,4-5,7-8,14H,3,6,9-13H2. The molecular formula is C21H21ClFN3O3. The molecule has 0 radical (unpaired) electrons. The number of rotatable bonds is 5. The van der Waals surface area contributed by atoms with Gasteiger partial charge in [0.05, 0.1) is 11.2 Å². The Morgan fingerprint density at radius 2 is 1.86 bits per heavy atom. The van der Waals surface area contributed by atoms with Gasteiger partial charge >= 0.3 is 5.76 Å². The quantitative estimate of drug-likeness (QED) is 0.637. The molecule has 0 atom stereocenters. The van der Waals surface area contributed by atoms with E-state index in [0.29, 0.717) is 67.4 Å². The average molecular weight is 418 g/mol. The van der Waals surface area contributed by atoms with Crippen molar-refractivity contribution < 1.29 is 13.6 Å². The van der Waals surface area contributed by atoms with Crippen LogP contribution in [0.1, 0.15) is 12.8 Å². The number of fused-ring (bicyclic) bond motifs is 1. The van der Waals surface area contributed by atoms with E-state index in [9.17, 15) is 14.0 Å². The summed E-state index contributed by atoms with van der Waals surface area (Å²) in [5.74, 6) is -0.657. The van der Waals surface area contributed by atoms with Crippen LogP contribution in [0.4, 0.5) is 10.1 Å². The highest BCUT2D eigenvalue weighted by Gasteiger charge is 2.22. The van der Waals surface area contributed by atoms with Crippen LogP contribution in [0, 0.1) is 5.82 Å². The maximum atomic E-state index is 13.9. The fourth-order valence-electron chi connectivity index (χ4n) is 3.70. The minimum atomic E-state index is -0.451. The van der Waals surface area contributed by atoms with E-state index in [1.807, 2.05) is 11.0 Å². The Morgan fingerprint density at radius 3 is 2.62 bits per heavy atom. The van der Waals surface area contributed by atoms with Crippen LogP contribution in [-0.4, -0.2) is 41.6 Å². The van der Waals surface area contributed by atoms with Crippen LogP contribution in [0.25, 0.3) is 11.1 Å². The molecule has 1 aliphatic heterocycles. The van der Waals surface area contributed by atoms with Crippen LogP contribution in [0.15, 0.2) is 51.7 Å². The number of halogens is 2. The van der Waals surface area contributed by atoms with Gasteiger partial charge in [0, 0.05) is 44.2 Å². The van der Waals surface area contributed by atoms with Gasteiger partial charge in [-0.2, -0.15) is 0 Å². The van der Waals surface area contributed by atoms with E-state index in [2.05, 4.69) is 0 Å². The molecule has 0 N–H and O–H groups in total. The first-order chi connectivity index (χ1) is 14.0. The lowest BCUT2D eigenvalue weighted by atomic mass is 10.2. The number of oxazole rings is 1. The number of aryl methyl sites for hydroxylation is 1. The second-order valence-electron chi connectivity index (χ2n) is 7.05. The van der Waals surface area contributed by atoms with Gasteiger partial charge in [-0.3, -0.25) is 9.36 Å². The van der Waals surface area contributed by atoms with Crippen molar-refractivity contribution in [3.8, 4) is 0 Å².